The lowest BCUT2D eigenvalue weighted by atomic mass is 9.75. The van der Waals surface area contributed by atoms with Crippen LogP contribution in [0.4, 0.5) is 0 Å². The molecule has 1 aromatic heterocycles. The number of amides is 1. The van der Waals surface area contributed by atoms with E-state index in [0.717, 1.165) is 21.6 Å². The predicted molar refractivity (Wildman–Crippen MR) is 132 cm³/mol. The minimum absolute atomic E-state index is 0.0529. The second kappa shape index (κ2) is 8.17. The number of nitrogens with two attached hydrogens (primary N) is 1. The Hall–Kier alpha value is -3.43. The Morgan fingerprint density at radius 2 is 1.85 bits per heavy atom. The quantitative estimate of drug-likeness (QED) is 0.578. The number of guanidine groups is 1. The van der Waals surface area contributed by atoms with Crippen LogP contribution in [0.15, 0.2) is 65.0 Å². The van der Waals surface area contributed by atoms with Gasteiger partial charge in [0, 0.05) is 11.9 Å². The van der Waals surface area contributed by atoms with Gasteiger partial charge >= 0.3 is 0 Å². The van der Waals surface area contributed by atoms with Gasteiger partial charge in [0.1, 0.15) is 5.54 Å². The number of likely N-dealkylation sites (N-methyl/N-ethyl adjacent to an activating group) is 1. The number of aliphatic imine (C=N–C) groups is 1. The van der Waals surface area contributed by atoms with Crippen molar-refractivity contribution >= 4 is 23.2 Å². The van der Waals surface area contributed by atoms with E-state index in [9.17, 15) is 10.1 Å². The highest BCUT2D eigenvalue weighted by Gasteiger charge is 2.48. The molecule has 2 N–H and O–H groups in total. The highest BCUT2D eigenvalue weighted by molar-refractivity contribution is 7.10. The van der Waals surface area contributed by atoms with E-state index in [1.165, 1.54) is 29.7 Å². The van der Waals surface area contributed by atoms with E-state index in [1.807, 2.05) is 25.1 Å². The second-order valence-corrected chi connectivity index (χ2v) is 10.0. The lowest BCUT2D eigenvalue weighted by Gasteiger charge is -2.40. The molecule has 2 atom stereocenters. The largest absolute Gasteiger partial charge is 0.369 e. The smallest absolute Gasteiger partial charge is 0.239 e. The number of nitriles is 1. The van der Waals surface area contributed by atoms with Gasteiger partial charge in [0.25, 0.3) is 0 Å². The van der Waals surface area contributed by atoms with Crippen molar-refractivity contribution in [3.63, 3.8) is 0 Å². The van der Waals surface area contributed by atoms with E-state index in [0.29, 0.717) is 11.5 Å². The fourth-order valence-corrected chi connectivity index (χ4v) is 5.87. The van der Waals surface area contributed by atoms with Crippen molar-refractivity contribution in [2.75, 3.05) is 7.05 Å². The fourth-order valence-electron chi connectivity index (χ4n) is 4.81. The molecule has 33 heavy (non-hydrogen) atoms. The van der Waals surface area contributed by atoms with Gasteiger partial charge in [-0.2, -0.15) is 5.26 Å². The molecule has 2 heterocycles. The zero-order chi connectivity index (χ0) is 23.2. The van der Waals surface area contributed by atoms with E-state index >= 15 is 0 Å². The van der Waals surface area contributed by atoms with Gasteiger partial charge in [-0.1, -0.05) is 42.8 Å². The van der Waals surface area contributed by atoms with Crippen LogP contribution >= 0.6 is 11.3 Å². The summed E-state index contributed by atoms with van der Waals surface area (Å²) in [6.45, 7) is 2.00. The Morgan fingerprint density at radius 3 is 2.52 bits per heavy atom. The predicted octanol–water partition coefficient (Wildman–Crippen LogP) is 5.34. The molecule has 1 aliphatic heterocycles. The average molecular weight is 455 g/mol. The van der Waals surface area contributed by atoms with Gasteiger partial charge in [0.2, 0.25) is 5.91 Å². The van der Waals surface area contributed by atoms with Crippen molar-refractivity contribution in [2.45, 2.75) is 43.6 Å². The second-order valence-electron chi connectivity index (χ2n) is 9.13. The molecule has 1 amide bonds. The molecule has 2 aromatic carbocycles. The third-order valence-electron chi connectivity index (χ3n) is 7.10. The standard InChI is InChI=1S/C27H26N4OS/c1-27(23-14-22(16-33-23)21-8-3-5-17(13-21)15-28)24(25(32)31(2)26(29)30-27)20-11-9-19(10-12-20)18-6-4-7-18/h3,5,8-14,16,18,24H,4,6-7H2,1-2H3,(H2,29,30)/t24-,27-/m1/s1. The summed E-state index contributed by atoms with van der Waals surface area (Å²) in [6, 6.07) is 20.3. The summed E-state index contributed by atoms with van der Waals surface area (Å²) < 4.78 is 0. The molecule has 1 fully saturated rings. The molecule has 3 aromatic rings. The zero-order valence-electron chi connectivity index (χ0n) is 18.8. The molecule has 2 aliphatic rings. The summed E-state index contributed by atoms with van der Waals surface area (Å²) in [5.41, 5.74) is 10.3. The van der Waals surface area contributed by atoms with Gasteiger partial charge in [-0.3, -0.25) is 9.69 Å². The van der Waals surface area contributed by atoms with Crippen LogP contribution < -0.4 is 5.73 Å². The Labute approximate surface area is 198 Å². The summed E-state index contributed by atoms with van der Waals surface area (Å²) in [6.07, 6.45) is 3.78. The summed E-state index contributed by atoms with van der Waals surface area (Å²) >= 11 is 1.57. The molecule has 1 aliphatic carbocycles. The van der Waals surface area contributed by atoms with Crippen molar-refractivity contribution in [1.82, 2.24) is 4.90 Å². The Morgan fingerprint density at radius 1 is 1.12 bits per heavy atom. The van der Waals surface area contributed by atoms with E-state index in [1.54, 1.807) is 24.5 Å². The fraction of sp³-hybridized carbons (Fsp3) is 0.296. The molecule has 5 nitrogen and oxygen atoms in total. The Bertz CT molecular complexity index is 1280. The molecule has 0 spiro atoms. The van der Waals surface area contributed by atoms with Gasteiger partial charge in [-0.25, -0.2) is 4.99 Å². The van der Waals surface area contributed by atoms with Crippen LogP contribution in [0.2, 0.25) is 0 Å². The molecule has 0 unspecified atom stereocenters. The summed E-state index contributed by atoms with van der Waals surface area (Å²) in [5.74, 6) is 0.351. The van der Waals surface area contributed by atoms with Gasteiger partial charge in [-0.15, -0.1) is 11.3 Å². The van der Waals surface area contributed by atoms with E-state index in [-0.39, 0.29) is 11.9 Å². The van der Waals surface area contributed by atoms with Gasteiger partial charge in [-0.05, 0) is 71.5 Å². The minimum atomic E-state index is -0.818. The molecule has 1 saturated carbocycles. The highest BCUT2D eigenvalue weighted by Crippen LogP contribution is 2.47. The minimum Gasteiger partial charge on any atom is -0.369 e. The molecule has 6 heteroatoms. The van der Waals surface area contributed by atoms with Crippen molar-refractivity contribution in [2.24, 2.45) is 10.7 Å². The maximum Gasteiger partial charge on any atom is 0.239 e. The number of thiophene rings is 1. The molecule has 5 rings (SSSR count). The van der Waals surface area contributed by atoms with Crippen LogP contribution in [-0.2, 0) is 10.3 Å². The first-order chi connectivity index (χ1) is 15.9. The van der Waals surface area contributed by atoms with Gasteiger partial charge in [0.15, 0.2) is 5.96 Å². The number of benzene rings is 2. The van der Waals surface area contributed by atoms with Crippen LogP contribution in [0, 0.1) is 11.3 Å². The van der Waals surface area contributed by atoms with E-state index in [4.69, 9.17) is 10.7 Å². The molecular weight excluding hydrogens is 428 g/mol. The molecule has 0 bridgehead atoms. The number of carbonyl (C=O) groups is 1. The lowest BCUT2D eigenvalue weighted by molar-refractivity contribution is -0.130. The maximum absolute atomic E-state index is 13.5. The van der Waals surface area contributed by atoms with Crippen LogP contribution in [0.5, 0.6) is 0 Å². The lowest BCUT2D eigenvalue weighted by Crippen LogP contribution is -2.52. The Kier molecular flexibility index (Phi) is 5.30. The number of carbonyl (C=O) groups excluding carboxylic acids is 1. The van der Waals surface area contributed by atoms with Gasteiger partial charge < -0.3 is 5.73 Å². The van der Waals surface area contributed by atoms with Crippen molar-refractivity contribution in [3.8, 4) is 17.2 Å². The van der Waals surface area contributed by atoms with Crippen LogP contribution in [0.25, 0.3) is 11.1 Å². The van der Waals surface area contributed by atoms with Crippen molar-refractivity contribution in [3.05, 3.63) is 81.5 Å². The third kappa shape index (κ3) is 3.63. The summed E-state index contributed by atoms with van der Waals surface area (Å²) in [7, 11) is 1.68. The van der Waals surface area contributed by atoms with Crippen LogP contribution in [0.1, 0.15) is 59.6 Å². The zero-order valence-corrected chi connectivity index (χ0v) is 19.6. The van der Waals surface area contributed by atoms with Crippen LogP contribution in [-0.4, -0.2) is 23.8 Å². The Balaban J connectivity index is 1.56. The summed E-state index contributed by atoms with van der Waals surface area (Å²) in [4.78, 5) is 20.8. The highest BCUT2D eigenvalue weighted by atomic mass is 32.1. The van der Waals surface area contributed by atoms with E-state index < -0.39 is 11.5 Å². The maximum atomic E-state index is 13.5. The monoisotopic (exact) mass is 454 g/mol. The van der Waals surface area contributed by atoms with Crippen molar-refractivity contribution < 1.29 is 4.79 Å². The molecule has 0 saturated heterocycles. The summed E-state index contributed by atoms with van der Waals surface area (Å²) in [5, 5.41) is 11.3. The number of hydrogen-bond acceptors (Lipinski definition) is 5. The molecule has 0 radical (unpaired) electrons. The topological polar surface area (TPSA) is 82.5 Å². The SMILES string of the molecule is CN1C(=O)[C@@H](c2ccc(C3CCC3)cc2)[C@@](C)(c2cc(-c3cccc(C#N)c3)cs2)N=C1N. The number of rotatable bonds is 4. The van der Waals surface area contributed by atoms with Crippen LogP contribution in [0.3, 0.4) is 0 Å². The first-order valence-electron chi connectivity index (χ1n) is 11.2. The molecule has 166 valence electrons. The van der Waals surface area contributed by atoms with Gasteiger partial charge in [0.05, 0.1) is 17.6 Å². The van der Waals surface area contributed by atoms with E-state index in [2.05, 4.69) is 41.8 Å². The number of hydrogen-bond donors (Lipinski definition) is 1. The van der Waals surface area contributed by atoms with Crippen molar-refractivity contribution in [1.29, 1.82) is 5.26 Å². The third-order valence-corrected chi connectivity index (χ3v) is 8.26. The number of nitrogens with zero attached hydrogens (tertiary/aromatic N) is 3. The average Bonchev–Trinajstić information content (AvgIpc) is 3.29. The molecular formula is C27H26N4OS. The first kappa shape index (κ1) is 21.4. The normalized spacial score (nSPS) is 23.1. The first-order valence-corrected chi connectivity index (χ1v) is 12.1.